The Morgan fingerprint density at radius 1 is 1.29 bits per heavy atom. The van der Waals surface area contributed by atoms with E-state index >= 15 is 0 Å². The molecule has 0 saturated heterocycles. The van der Waals surface area contributed by atoms with E-state index in [2.05, 4.69) is 24.1 Å². The highest BCUT2D eigenvalue weighted by Crippen LogP contribution is 2.20. The first-order chi connectivity index (χ1) is 7.86. The largest absolute Gasteiger partial charge is 0.468 e. The summed E-state index contributed by atoms with van der Waals surface area (Å²) in [4.78, 5) is 14.0. The molecule has 17 heavy (non-hydrogen) atoms. The van der Waals surface area contributed by atoms with Crippen molar-refractivity contribution >= 4 is 5.97 Å². The molecule has 0 fully saturated rings. The van der Waals surface area contributed by atoms with Gasteiger partial charge in [0.2, 0.25) is 0 Å². The molecule has 1 N–H and O–H groups in total. The van der Waals surface area contributed by atoms with Crippen LogP contribution in [0.1, 0.15) is 34.6 Å². The van der Waals surface area contributed by atoms with Crippen molar-refractivity contribution in [1.29, 1.82) is 0 Å². The van der Waals surface area contributed by atoms with Gasteiger partial charge in [-0.3, -0.25) is 4.79 Å². The predicted octanol–water partition coefficient (Wildman–Crippen LogP) is 1.51. The second kappa shape index (κ2) is 7.67. The molecule has 0 rings (SSSR count). The maximum Gasteiger partial charge on any atom is 0.323 e. The third-order valence-electron chi connectivity index (χ3n) is 2.97. The second-order valence-corrected chi connectivity index (χ2v) is 5.30. The SMILES string of the molecule is CCN(CC)CCNC(C(=O)OC)C(C)(C)C. The third kappa shape index (κ3) is 6.03. The van der Waals surface area contributed by atoms with Gasteiger partial charge < -0.3 is 15.0 Å². The van der Waals surface area contributed by atoms with Crippen molar-refractivity contribution in [1.82, 2.24) is 10.2 Å². The maximum absolute atomic E-state index is 11.7. The highest BCUT2D eigenvalue weighted by Gasteiger charge is 2.31. The van der Waals surface area contributed by atoms with Crippen molar-refractivity contribution in [3.05, 3.63) is 0 Å². The Bertz CT molecular complexity index is 220. The first kappa shape index (κ1) is 16.4. The zero-order chi connectivity index (χ0) is 13.5. The molecule has 0 bridgehead atoms. The number of likely N-dealkylation sites (N-methyl/N-ethyl adjacent to an activating group) is 1. The number of carbonyl (C=O) groups excluding carboxylic acids is 1. The van der Waals surface area contributed by atoms with Gasteiger partial charge in [0, 0.05) is 13.1 Å². The van der Waals surface area contributed by atoms with Gasteiger partial charge in [-0.1, -0.05) is 34.6 Å². The number of hydrogen-bond acceptors (Lipinski definition) is 4. The average molecular weight is 244 g/mol. The molecule has 1 unspecified atom stereocenters. The molecule has 0 amide bonds. The lowest BCUT2D eigenvalue weighted by Gasteiger charge is -2.30. The molecule has 0 aromatic carbocycles. The van der Waals surface area contributed by atoms with Gasteiger partial charge in [0.05, 0.1) is 7.11 Å². The number of carbonyl (C=O) groups is 1. The summed E-state index contributed by atoms with van der Waals surface area (Å²) in [6.45, 7) is 14.2. The summed E-state index contributed by atoms with van der Waals surface area (Å²) in [6, 6.07) is -0.247. The standard InChI is InChI=1S/C13H28N2O2/c1-7-15(8-2)10-9-14-11(12(16)17-6)13(3,4)5/h11,14H,7-10H2,1-6H3. The Hall–Kier alpha value is -0.610. The first-order valence-electron chi connectivity index (χ1n) is 6.40. The van der Waals surface area contributed by atoms with Crippen LogP contribution in [0.4, 0.5) is 0 Å². The molecule has 102 valence electrons. The van der Waals surface area contributed by atoms with Crippen LogP contribution in [0.15, 0.2) is 0 Å². The number of esters is 1. The lowest BCUT2D eigenvalue weighted by Crippen LogP contribution is -2.49. The smallest absolute Gasteiger partial charge is 0.323 e. The molecule has 0 saturated carbocycles. The lowest BCUT2D eigenvalue weighted by atomic mass is 9.87. The van der Waals surface area contributed by atoms with Crippen LogP contribution >= 0.6 is 0 Å². The van der Waals surface area contributed by atoms with E-state index in [0.29, 0.717) is 0 Å². The van der Waals surface area contributed by atoms with Gasteiger partial charge in [-0.25, -0.2) is 0 Å². The van der Waals surface area contributed by atoms with Gasteiger partial charge in [0.15, 0.2) is 0 Å². The Morgan fingerprint density at radius 3 is 2.18 bits per heavy atom. The monoisotopic (exact) mass is 244 g/mol. The highest BCUT2D eigenvalue weighted by molar-refractivity contribution is 5.76. The third-order valence-corrected chi connectivity index (χ3v) is 2.97. The highest BCUT2D eigenvalue weighted by atomic mass is 16.5. The summed E-state index contributed by atoms with van der Waals surface area (Å²) in [5, 5.41) is 3.29. The van der Waals surface area contributed by atoms with E-state index in [1.807, 2.05) is 20.8 Å². The molecule has 0 aliphatic heterocycles. The lowest BCUT2D eigenvalue weighted by molar-refractivity contribution is -0.146. The van der Waals surface area contributed by atoms with E-state index < -0.39 is 0 Å². The van der Waals surface area contributed by atoms with Gasteiger partial charge in [-0.05, 0) is 18.5 Å². The minimum atomic E-state index is -0.247. The normalized spacial score (nSPS) is 13.8. The van der Waals surface area contributed by atoms with Gasteiger partial charge in [-0.2, -0.15) is 0 Å². The number of nitrogens with one attached hydrogen (secondary N) is 1. The van der Waals surface area contributed by atoms with Crippen LogP contribution in [-0.4, -0.2) is 50.2 Å². The summed E-state index contributed by atoms with van der Waals surface area (Å²) in [5.74, 6) is -0.183. The Kier molecular flexibility index (Phi) is 7.39. The number of hydrogen-bond donors (Lipinski definition) is 1. The van der Waals surface area contributed by atoms with Crippen molar-refractivity contribution < 1.29 is 9.53 Å². The molecule has 0 aliphatic carbocycles. The molecule has 0 heterocycles. The number of nitrogens with zero attached hydrogens (tertiary/aromatic N) is 1. The fourth-order valence-corrected chi connectivity index (χ4v) is 1.77. The second-order valence-electron chi connectivity index (χ2n) is 5.30. The Balaban J connectivity index is 4.23. The van der Waals surface area contributed by atoms with Gasteiger partial charge in [-0.15, -0.1) is 0 Å². The number of methoxy groups -OCH3 is 1. The van der Waals surface area contributed by atoms with E-state index in [0.717, 1.165) is 26.2 Å². The maximum atomic E-state index is 11.7. The minimum absolute atomic E-state index is 0.129. The summed E-state index contributed by atoms with van der Waals surface area (Å²) in [5.41, 5.74) is -0.129. The molecule has 0 aromatic rings. The summed E-state index contributed by atoms with van der Waals surface area (Å²) in [7, 11) is 1.44. The predicted molar refractivity (Wildman–Crippen MR) is 71.0 cm³/mol. The van der Waals surface area contributed by atoms with Crippen LogP contribution in [0, 0.1) is 5.41 Å². The van der Waals surface area contributed by atoms with Crippen LogP contribution in [0.25, 0.3) is 0 Å². The summed E-state index contributed by atoms with van der Waals surface area (Å²) >= 11 is 0. The number of rotatable bonds is 7. The summed E-state index contributed by atoms with van der Waals surface area (Å²) in [6.07, 6.45) is 0. The van der Waals surface area contributed by atoms with E-state index in [4.69, 9.17) is 4.74 Å². The van der Waals surface area contributed by atoms with Gasteiger partial charge in [0.1, 0.15) is 6.04 Å². The minimum Gasteiger partial charge on any atom is -0.468 e. The molecular formula is C13H28N2O2. The Labute approximate surface area is 106 Å². The van der Waals surface area contributed by atoms with Crippen LogP contribution in [-0.2, 0) is 9.53 Å². The fourth-order valence-electron chi connectivity index (χ4n) is 1.77. The van der Waals surface area contributed by atoms with Crippen molar-refractivity contribution in [3.8, 4) is 0 Å². The van der Waals surface area contributed by atoms with Crippen LogP contribution in [0.3, 0.4) is 0 Å². The molecule has 0 spiro atoms. The van der Waals surface area contributed by atoms with Crippen LogP contribution in [0.2, 0.25) is 0 Å². The van der Waals surface area contributed by atoms with Crippen molar-refractivity contribution in [2.75, 3.05) is 33.3 Å². The zero-order valence-corrected chi connectivity index (χ0v) is 12.2. The molecule has 4 heteroatoms. The Morgan fingerprint density at radius 2 is 1.82 bits per heavy atom. The summed E-state index contributed by atoms with van der Waals surface area (Å²) < 4.78 is 4.83. The van der Waals surface area contributed by atoms with Gasteiger partial charge in [0.25, 0.3) is 0 Å². The first-order valence-corrected chi connectivity index (χ1v) is 6.40. The van der Waals surface area contributed by atoms with Gasteiger partial charge >= 0.3 is 5.97 Å². The van der Waals surface area contributed by atoms with Crippen molar-refractivity contribution in [2.24, 2.45) is 5.41 Å². The van der Waals surface area contributed by atoms with Crippen molar-refractivity contribution in [2.45, 2.75) is 40.7 Å². The van der Waals surface area contributed by atoms with Crippen LogP contribution < -0.4 is 5.32 Å². The molecular weight excluding hydrogens is 216 g/mol. The van der Waals surface area contributed by atoms with E-state index in [9.17, 15) is 4.79 Å². The molecule has 4 nitrogen and oxygen atoms in total. The van der Waals surface area contributed by atoms with Crippen molar-refractivity contribution in [3.63, 3.8) is 0 Å². The van der Waals surface area contributed by atoms with E-state index in [1.54, 1.807) is 0 Å². The van der Waals surface area contributed by atoms with E-state index in [-0.39, 0.29) is 17.4 Å². The topological polar surface area (TPSA) is 41.6 Å². The quantitative estimate of drug-likeness (QED) is 0.689. The molecule has 1 atom stereocenters. The fraction of sp³-hybridized carbons (Fsp3) is 0.923. The zero-order valence-electron chi connectivity index (χ0n) is 12.2. The number of ether oxygens (including phenoxy) is 1. The van der Waals surface area contributed by atoms with E-state index in [1.165, 1.54) is 7.11 Å². The average Bonchev–Trinajstić information content (AvgIpc) is 2.27. The molecule has 0 radical (unpaired) electrons. The molecule has 0 aromatic heterocycles. The molecule has 0 aliphatic rings. The van der Waals surface area contributed by atoms with Crippen LogP contribution in [0.5, 0.6) is 0 Å².